The maximum Gasteiger partial charge on any atom is 0.240 e. The first kappa shape index (κ1) is 15.6. The third-order valence-electron chi connectivity index (χ3n) is 3.04. The summed E-state index contributed by atoms with van der Waals surface area (Å²) in [6.45, 7) is 1.00. The Labute approximate surface area is 125 Å². The first-order valence-corrected chi connectivity index (χ1v) is 8.22. The molecule has 0 aliphatic rings. The van der Waals surface area contributed by atoms with Crippen LogP contribution in [0.25, 0.3) is 0 Å². The van der Waals surface area contributed by atoms with Crippen LogP contribution in [-0.4, -0.2) is 27.0 Å². The number of rotatable bonds is 7. The minimum absolute atomic E-state index is 0.296. The summed E-state index contributed by atoms with van der Waals surface area (Å²) >= 11 is 0. The van der Waals surface area contributed by atoms with Gasteiger partial charge in [-0.1, -0.05) is 12.1 Å². The summed E-state index contributed by atoms with van der Waals surface area (Å²) in [5, 5.41) is 3.01. The van der Waals surface area contributed by atoms with Crippen molar-refractivity contribution in [2.24, 2.45) is 0 Å². The Morgan fingerprint density at radius 1 is 1.10 bits per heavy atom. The predicted molar refractivity (Wildman–Crippen MR) is 82.3 cm³/mol. The number of hydrogen-bond acceptors (Lipinski definition) is 4. The fourth-order valence-electron chi connectivity index (χ4n) is 1.99. The molecule has 0 fully saturated rings. The third kappa shape index (κ3) is 4.63. The highest BCUT2D eigenvalue weighted by Crippen LogP contribution is 2.11. The van der Waals surface area contributed by atoms with E-state index in [2.05, 4.69) is 15.0 Å². The molecule has 1 heterocycles. The summed E-state index contributed by atoms with van der Waals surface area (Å²) in [6, 6.07) is 10.7. The molecule has 0 atom stereocenters. The van der Waals surface area contributed by atoms with Crippen LogP contribution in [0.2, 0.25) is 0 Å². The van der Waals surface area contributed by atoms with Crippen molar-refractivity contribution in [3.63, 3.8) is 0 Å². The van der Waals surface area contributed by atoms with E-state index >= 15 is 0 Å². The first-order valence-electron chi connectivity index (χ1n) is 6.74. The largest absolute Gasteiger partial charge is 0.316 e. The Kier molecular flexibility index (Phi) is 5.44. The number of sulfonamides is 1. The van der Waals surface area contributed by atoms with E-state index in [1.54, 1.807) is 30.6 Å². The normalized spacial score (nSPS) is 11.5. The average molecular weight is 305 g/mol. The van der Waals surface area contributed by atoms with Crippen LogP contribution in [0.15, 0.2) is 53.7 Å². The maximum atomic E-state index is 12.2. The van der Waals surface area contributed by atoms with E-state index in [4.69, 9.17) is 0 Å². The molecule has 0 saturated carbocycles. The fourth-order valence-corrected chi connectivity index (χ4v) is 3.09. The SMILES string of the molecule is CNCc1cccc(S(=O)(=O)NCCc2ccncc2)c1. The van der Waals surface area contributed by atoms with Crippen LogP contribution in [0.4, 0.5) is 0 Å². The first-order chi connectivity index (χ1) is 10.1. The topological polar surface area (TPSA) is 71.1 Å². The van der Waals surface area contributed by atoms with Gasteiger partial charge in [-0.25, -0.2) is 13.1 Å². The summed E-state index contributed by atoms with van der Waals surface area (Å²) in [5.41, 5.74) is 1.99. The minimum Gasteiger partial charge on any atom is -0.316 e. The summed E-state index contributed by atoms with van der Waals surface area (Å²) in [6.07, 6.45) is 4.04. The Hall–Kier alpha value is -1.76. The zero-order valence-electron chi connectivity index (χ0n) is 11.9. The molecule has 1 aromatic heterocycles. The molecule has 0 amide bonds. The van der Waals surface area contributed by atoms with E-state index in [1.165, 1.54) is 0 Å². The summed E-state index contributed by atoms with van der Waals surface area (Å²) < 4.78 is 27.1. The number of aromatic nitrogens is 1. The highest BCUT2D eigenvalue weighted by molar-refractivity contribution is 7.89. The van der Waals surface area contributed by atoms with Crippen LogP contribution < -0.4 is 10.0 Å². The summed E-state index contributed by atoms with van der Waals surface area (Å²) in [5.74, 6) is 0. The van der Waals surface area contributed by atoms with Crippen LogP contribution in [0, 0.1) is 0 Å². The van der Waals surface area contributed by atoms with Crippen LogP contribution in [-0.2, 0) is 23.0 Å². The zero-order valence-corrected chi connectivity index (χ0v) is 12.7. The Balaban J connectivity index is 1.99. The molecule has 0 aliphatic carbocycles. The fraction of sp³-hybridized carbons (Fsp3) is 0.267. The van der Waals surface area contributed by atoms with Gasteiger partial charge in [0.2, 0.25) is 10.0 Å². The van der Waals surface area contributed by atoms with Gasteiger partial charge >= 0.3 is 0 Å². The number of nitrogens with one attached hydrogen (secondary N) is 2. The van der Waals surface area contributed by atoms with Gasteiger partial charge in [0, 0.05) is 25.5 Å². The second kappa shape index (κ2) is 7.31. The molecule has 0 bridgehead atoms. The molecular formula is C15H19N3O2S. The lowest BCUT2D eigenvalue weighted by atomic mass is 10.2. The number of benzene rings is 1. The highest BCUT2D eigenvalue weighted by atomic mass is 32.2. The lowest BCUT2D eigenvalue weighted by molar-refractivity contribution is 0.581. The molecule has 0 saturated heterocycles. The molecule has 2 N–H and O–H groups in total. The highest BCUT2D eigenvalue weighted by Gasteiger charge is 2.13. The number of nitrogens with zero attached hydrogens (tertiary/aromatic N) is 1. The lowest BCUT2D eigenvalue weighted by Gasteiger charge is -2.08. The Bertz CT molecular complexity index is 672. The maximum absolute atomic E-state index is 12.2. The van der Waals surface area contributed by atoms with Gasteiger partial charge in [-0.2, -0.15) is 0 Å². The minimum atomic E-state index is -3.46. The molecule has 112 valence electrons. The molecule has 1 aromatic carbocycles. The molecule has 21 heavy (non-hydrogen) atoms. The van der Waals surface area contributed by atoms with E-state index in [1.807, 2.05) is 25.2 Å². The molecule has 6 heteroatoms. The van der Waals surface area contributed by atoms with Crippen molar-refractivity contribution in [2.45, 2.75) is 17.9 Å². The van der Waals surface area contributed by atoms with Crippen molar-refractivity contribution in [1.82, 2.24) is 15.0 Å². The van der Waals surface area contributed by atoms with E-state index in [-0.39, 0.29) is 0 Å². The van der Waals surface area contributed by atoms with Gasteiger partial charge in [0.1, 0.15) is 0 Å². The molecular weight excluding hydrogens is 286 g/mol. The van der Waals surface area contributed by atoms with Crippen LogP contribution in [0.1, 0.15) is 11.1 Å². The summed E-state index contributed by atoms with van der Waals surface area (Å²) in [7, 11) is -1.64. The van der Waals surface area contributed by atoms with Crippen LogP contribution in [0.3, 0.4) is 0 Å². The van der Waals surface area contributed by atoms with Gasteiger partial charge in [-0.15, -0.1) is 0 Å². The second-order valence-electron chi connectivity index (χ2n) is 4.68. The van der Waals surface area contributed by atoms with E-state index in [0.29, 0.717) is 24.4 Å². The number of hydrogen-bond donors (Lipinski definition) is 2. The molecule has 0 unspecified atom stereocenters. The standard InChI is InChI=1S/C15H19N3O2S/c1-16-12-14-3-2-4-15(11-14)21(19,20)18-10-7-13-5-8-17-9-6-13/h2-6,8-9,11,16,18H,7,10,12H2,1H3. The van der Waals surface area contributed by atoms with Crippen molar-refractivity contribution in [2.75, 3.05) is 13.6 Å². The Morgan fingerprint density at radius 2 is 1.86 bits per heavy atom. The monoisotopic (exact) mass is 305 g/mol. The van der Waals surface area contributed by atoms with Crippen molar-refractivity contribution >= 4 is 10.0 Å². The van der Waals surface area contributed by atoms with Crippen molar-refractivity contribution < 1.29 is 8.42 Å². The van der Waals surface area contributed by atoms with Gasteiger partial charge in [0.25, 0.3) is 0 Å². The van der Waals surface area contributed by atoms with Crippen LogP contribution in [0.5, 0.6) is 0 Å². The molecule has 2 aromatic rings. The second-order valence-corrected chi connectivity index (χ2v) is 6.45. The summed E-state index contributed by atoms with van der Waals surface area (Å²) in [4.78, 5) is 4.23. The van der Waals surface area contributed by atoms with E-state index < -0.39 is 10.0 Å². The van der Waals surface area contributed by atoms with Gasteiger partial charge in [0.05, 0.1) is 4.90 Å². The average Bonchev–Trinajstić information content (AvgIpc) is 2.49. The van der Waals surface area contributed by atoms with Gasteiger partial charge in [-0.3, -0.25) is 4.98 Å². The predicted octanol–water partition coefficient (Wildman–Crippen LogP) is 1.32. The smallest absolute Gasteiger partial charge is 0.240 e. The van der Waals surface area contributed by atoms with Gasteiger partial charge in [0.15, 0.2) is 0 Å². The van der Waals surface area contributed by atoms with Gasteiger partial charge < -0.3 is 5.32 Å². The third-order valence-corrected chi connectivity index (χ3v) is 4.50. The van der Waals surface area contributed by atoms with E-state index in [0.717, 1.165) is 11.1 Å². The molecule has 5 nitrogen and oxygen atoms in total. The van der Waals surface area contributed by atoms with Crippen molar-refractivity contribution in [1.29, 1.82) is 0 Å². The lowest BCUT2D eigenvalue weighted by Crippen LogP contribution is -2.26. The van der Waals surface area contributed by atoms with Crippen LogP contribution >= 0.6 is 0 Å². The van der Waals surface area contributed by atoms with Crippen molar-refractivity contribution in [3.05, 3.63) is 59.9 Å². The zero-order chi connectivity index (χ0) is 15.1. The number of pyridine rings is 1. The molecule has 2 rings (SSSR count). The quantitative estimate of drug-likeness (QED) is 0.809. The van der Waals surface area contributed by atoms with Gasteiger partial charge in [-0.05, 0) is 48.9 Å². The Morgan fingerprint density at radius 3 is 2.57 bits per heavy atom. The molecule has 0 spiro atoms. The molecule has 0 radical (unpaired) electrons. The molecule has 0 aliphatic heterocycles. The van der Waals surface area contributed by atoms with Crippen molar-refractivity contribution in [3.8, 4) is 0 Å². The van der Waals surface area contributed by atoms with E-state index in [9.17, 15) is 8.42 Å².